The minimum atomic E-state index is -0.938. The first-order valence-corrected chi connectivity index (χ1v) is 7.70. The summed E-state index contributed by atoms with van der Waals surface area (Å²) in [6.45, 7) is 2.73. The number of urea groups is 1. The predicted octanol–water partition coefficient (Wildman–Crippen LogP) is 2.80. The van der Waals surface area contributed by atoms with Gasteiger partial charge in [0.25, 0.3) is 0 Å². The maximum absolute atomic E-state index is 12.2. The highest BCUT2D eigenvalue weighted by Crippen LogP contribution is 2.24. The quantitative estimate of drug-likeness (QED) is 0.901. The van der Waals surface area contributed by atoms with Gasteiger partial charge in [-0.05, 0) is 30.9 Å². The van der Waals surface area contributed by atoms with Crippen molar-refractivity contribution in [2.75, 3.05) is 6.54 Å². The first-order chi connectivity index (χ1) is 9.49. The molecule has 0 aliphatic carbocycles. The lowest BCUT2D eigenvalue weighted by Gasteiger charge is -2.37. The Morgan fingerprint density at radius 1 is 1.55 bits per heavy atom. The van der Waals surface area contributed by atoms with E-state index in [0.717, 1.165) is 17.7 Å². The molecule has 1 aliphatic rings. The fourth-order valence-electron chi connectivity index (χ4n) is 2.50. The van der Waals surface area contributed by atoms with E-state index in [-0.39, 0.29) is 11.9 Å². The molecule has 0 aromatic carbocycles. The lowest BCUT2D eigenvalue weighted by Crippen LogP contribution is -2.54. The summed E-state index contributed by atoms with van der Waals surface area (Å²) in [5, 5.41) is 12.0. The number of nitrogens with one attached hydrogen (secondary N) is 1. The van der Waals surface area contributed by atoms with Crippen molar-refractivity contribution >= 4 is 34.9 Å². The molecular formula is C13H17ClN2O3S. The number of rotatable bonds is 3. The zero-order chi connectivity index (χ0) is 14.7. The summed E-state index contributed by atoms with van der Waals surface area (Å²) in [7, 11) is 0. The van der Waals surface area contributed by atoms with Gasteiger partial charge in [-0.1, -0.05) is 18.5 Å². The molecule has 2 heterocycles. The van der Waals surface area contributed by atoms with Crippen molar-refractivity contribution in [2.45, 2.75) is 32.4 Å². The molecule has 20 heavy (non-hydrogen) atoms. The highest BCUT2D eigenvalue weighted by atomic mass is 35.5. The molecule has 0 spiro atoms. The Hall–Kier alpha value is -1.27. The van der Waals surface area contributed by atoms with Crippen LogP contribution in [0.5, 0.6) is 0 Å². The zero-order valence-electron chi connectivity index (χ0n) is 11.1. The number of nitrogens with zero attached hydrogens (tertiary/aromatic N) is 1. The van der Waals surface area contributed by atoms with Crippen molar-refractivity contribution in [1.29, 1.82) is 0 Å². The molecule has 1 fully saturated rings. The first-order valence-electron chi connectivity index (χ1n) is 6.50. The average molecular weight is 317 g/mol. The van der Waals surface area contributed by atoms with Gasteiger partial charge in [0.05, 0.1) is 10.9 Å². The van der Waals surface area contributed by atoms with Gasteiger partial charge in [-0.3, -0.25) is 0 Å². The highest BCUT2D eigenvalue weighted by molar-refractivity contribution is 7.16. The van der Waals surface area contributed by atoms with Gasteiger partial charge in [-0.15, -0.1) is 11.3 Å². The van der Waals surface area contributed by atoms with Gasteiger partial charge in [0.1, 0.15) is 6.04 Å². The standard InChI is InChI=1S/C13H17ClN2O3S/c1-8-3-2-6-16(11(8)12(17)18)13(19)15-7-9-4-5-10(14)20-9/h4-5,8,11H,2-3,6-7H2,1H3,(H,15,19)(H,17,18). The Balaban J connectivity index is 1.97. The molecule has 2 rings (SSSR count). The fraction of sp³-hybridized carbons (Fsp3) is 0.538. The second-order valence-electron chi connectivity index (χ2n) is 4.96. The molecule has 110 valence electrons. The van der Waals surface area contributed by atoms with Crippen LogP contribution in [0.2, 0.25) is 4.34 Å². The van der Waals surface area contributed by atoms with E-state index in [1.807, 2.05) is 13.0 Å². The number of likely N-dealkylation sites (tertiary alicyclic amines) is 1. The molecule has 5 nitrogen and oxygen atoms in total. The van der Waals surface area contributed by atoms with E-state index in [1.165, 1.54) is 16.2 Å². The molecule has 0 bridgehead atoms. The van der Waals surface area contributed by atoms with E-state index in [1.54, 1.807) is 6.07 Å². The Bertz CT molecular complexity index is 506. The number of hydrogen-bond acceptors (Lipinski definition) is 3. The monoisotopic (exact) mass is 316 g/mol. The van der Waals surface area contributed by atoms with Crippen LogP contribution in [-0.4, -0.2) is 34.6 Å². The number of carboxylic acids is 1. The van der Waals surface area contributed by atoms with Gasteiger partial charge in [-0.25, -0.2) is 9.59 Å². The van der Waals surface area contributed by atoms with Crippen LogP contribution in [0.3, 0.4) is 0 Å². The van der Waals surface area contributed by atoms with Gasteiger partial charge in [0.2, 0.25) is 0 Å². The third-order valence-corrected chi connectivity index (χ3v) is 4.72. The smallest absolute Gasteiger partial charge is 0.326 e. The number of amides is 2. The van der Waals surface area contributed by atoms with E-state index >= 15 is 0 Å². The van der Waals surface area contributed by atoms with Crippen molar-refractivity contribution in [3.8, 4) is 0 Å². The number of aliphatic carboxylic acids is 1. The highest BCUT2D eigenvalue weighted by Gasteiger charge is 2.36. The normalized spacial score (nSPS) is 22.6. The summed E-state index contributed by atoms with van der Waals surface area (Å²) in [5.74, 6) is -0.963. The molecule has 1 aliphatic heterocycles. The second-order valence-corrected chi connectivity index (χ2v) is 6.76. The number of carbonyl (C=O) groups excluding carboxylic acids is 1. The first kappa shape index (κ1) is 15.1. The Kier molecular flexibility index (Phi) is 4.88. The summed E-state index contributed by atoms with van der Waals surface area (Å²) in [5.41, 5.74) is 0. The van der Waals surface area contributed by atoms with E-state index < -0.39 is 12.0 Å². The zero-order valence-corrected chi connectivity index (χ0v) is 12.7. The molecule has 0 saturated carbocycles. The van der Waals surface area contributed by atoms with Crippen molar-refractivity contribution in [2.24, 2.45) is 5.92 Å². The van der Waals surface area contributed by atoms with E-state index in [9.17, 15) is 14.7 Å². The van der Waals surface area contributed by atoms with Crippen LogP contribution >= 0.6 is 22.9 Å². The van der Waals surface area contributed by atoms with Crippen LogP contribution in [0.15, 0.2) is 12.1 Å². The van der Waals surface area contributed by atoms with E-state index in [4.69, 9.17) is 11.6 Å². The van der Waals surface area contributed by atoms with Crippen molar-refractivity contribution in [1.82, 2.24) is 10.2 Å². The van der Waals surface area contributed by atoms with E-state index in [0.29, 0.717) is 17.4 Å². The maximum Gasteiger partial charge on any atom is 0.326 e. The van der Waals surface area contributed by atoms with Crippen LogP contribution in [0.4, 0.5) is 4.79 Å². The molecule has 2 unspecified atom stereocenters. The van der Waals surface area contributed by atoms with Gasteiger partial charge >= 0.3 is 12.0 Å². The third kappa shape index (κ3) is 3.43. The van der Waals surface area contributed by atoms with Crippen molar-refractivity contribution in [3.63, 3.8) is 0 Å². The SMILES string of the molecule is CC1CCCN(C(=O)NCc2ccc(Cl)s2)C1C(=O)O. The van der Waals surface area contributed by atoms with Gasteiger partial charge in [0, 0.05) is 11.4 Å². The van der Waals surface area contributed by atoms with Crippen molar-refractivity contribution in [3.05, 3.63) is 21.3 Å². The molecule has 2 atom stereocenters. The number of halogens is 1. The summed E-state index contributed by atoms with van der Waals surface area (Å²) in [6.07, 6.45) is 1.67. The van der Waals surface area contributed by atoms with Gasteiger partial charge < -0.3 is 15.3 Å². The minimum absolute atomic E-state index is 0.0248. The van der Waals surface area contributed by atoms with Crippen LogP contribution in [0, 0.1) is 5.92 Å². The Morgan fingerprint density at radius 2 is 2.30 bits per heavy atom. The lowest BCUT2D eigenvalue weighted by atomic mass is 9.91. The summed E-state index contributed by atoms with van der Waals surface area (Å²) in [4.78, 5) is 25.8. The van der Waals surface area contributed by atoms with Crippen LogP contribution < -0.4 is 5.32 Å². The van der Waals surface area contributed by atoms with Crippen LogP contribution in [0.1, 0.15) is 24.6 Å². The summed E-state index contributed by atoms with van der Waals surface area (Å²) >= 11 is 7.23. The number of piperidine rings is 1. The van der Waals surface area contributed by atoms with Crippen LogP contribution in [-0.2, 0) is 11.3 Å². The molecular weight excluding hydrogens is 300 g/mol. The Morgan fingerprint density at radius 3 is 2.90 bits per heavy atom. The second kappa shape index (κ2) is 6.45. The van der Waals surface area contributed by atoms with E-state index in [2.05, 4.69) is 5.32 Å². The minimum Gasteiger partial charge on any atom is -0.480 e. The third-order valence-electron chi connectivity index (χ3n) is 3.49. The number of thiophene rings is 1. The average Bonchev–Trinajstić information content (AvgIpc) is 2.81. The number of carboxylic acid groups (broad SMARTS) is 1. The lowest BCUT2D eigenvalue weighted by molar-refractivity contribution is -0.145. The van der Waals surface area contributed by atoms with Gasteiger partial charge in [0.15, 0.2) is 0 Å². The molecule has 1 saturated heterocycles. The fourth-order valence-corrected chi connectivity index (χ4v) is 3.53. The maximum atomic E-state index is 12.2. The Labute approximate surface area is 126 Å². The summed E-state index contributed by atoms with van der Waals surface area (Å²) in [6, 6.07) is 2.56. The molecule has 2 amide bonds. The number of hydrogen-bond donors (Lipinski definition) is 2. The number of carbonyl (C=O) groups is 2. The summed E-state index contributed by atoms with van der Waals surface area (Å²) < 4.78 is 0.671. The molecule has 1 aromatic heterocycles. The van der Waals surface area contributed by atoms with Gasteiger partial charge in [-0.2, -0.15) is 0 Å². The molecule has 0 radical (unpaired) electrons. The topological polar surface area (TPSA) is 69.6 Å². The predicted molar refractivity (Wildman–Crippen MR) is 78.1 cm³/mol. The van der Waals surface area contributed by atoms with Crippen molar-refractivity contribution < 1.29 is 14.7 Å². The molecule has 2 N–H and O–H groups in total. The largest absolute Gasteiger partial charge is 0.480 e. The van der Waals surface area contributed by atoms with Crippen LogP contribution in [0.25, 0.3) is 0 Å². The molecule has 7 heteroatoms. The molecule has 1 aromatic rings.